The van der Waals surface area contributed by atoms with Gasteiger partial charge in [-0.1, -0.05) is 18.2 Å². The lowest BCUT2D eigenvalue weighted by atomic mass is 10.0. The van der Waals surface area contributed by atoms with Crippen LogP contribution in [-0.4, -0.2) is 31.8 Å². The van der Waals surface area contributed by atoms with E-state index in [2.05, 4.69) is 10.1 Å². The van der Waals surface area contributed by atoms with Crippen molar-refractivity contribution in [3.8, 4) is 0 Å². The van der Waals surface area contributed by atoms with Crippen LogP contribution >= 0.6 is 0 Å². The summed E-state index contributed by atoms with van der Waals surface area (Å²) in [7, 11) is 3.06. The Morgan fingerprint density at radius 3 is 2.80 bits per heavy atom. The molecule has 15 heavy (non-hydrogen) atoms. The molecule has 0 aliphatic rings. The predicted octanol–water partition coefficient (Wildman–Crippen LogP) is 0.726. The Bertz CT molecular complexity index is 338. The Kier molecular flexibility index (Phi) is 4.27. The molecule has 1 unspecified atom stereocenters. The maximum Gasteiger partial charge on any atom is 0.338 e. The number of rotatable bonds is 4. The number of aliphatic hydroxyl groups excluding tert-OH is 1. The van der Waals surface area contributed by atoms with Crippen LogP contribution in [-0.2, 0) is 4.74 Å². The number of hydrogen-bond acceptors (Lipinski definition) is 4. The van der Waals surface area contributed by atoms with Crippen LogP contribution in [0.3, 0.4) is 0 Å². The third kappa shape index (κ3) is 2.78. The summed E-state index contributed by atoms with van der Waals surface area (Å²) in [5, 5.41) is 12.6. The second-order valence-corrected chi connectivity index (χ2v) is 3.15. The van der Waals surface area contributed by atoms with Crippen LogP contribution in [0.15, 0.2) is 24.3 Å². The number of hydrogen-bond donors (Lipinski definition) is 2. The molecule has 4 nitrogen and oxygen atoms in total. The van der Waals surface area contributed by atoms with Gasteiger partial charge in [-0.15, -0.1) is 0 Å². The molecule has 82 valence electrons. The van der Waals surface area contributed by atoms with E-state index in [1.807, 2.05) is 0 Å². The quantitative estimate of drug-likeness (QED) is 0.718. The number of methoxy groups -OCH3 is 1. The average Bonchev–Trinajstić information content (AvgIpc) is 2.28. The summed E-state index contributed by atoms with van der Waals surface area (Å²) in [6, 6.07) is 6.87. The summed E-state index contributed by atoms with van der Waals surface area (Å²) in [6.45, 7) is 0.397. The van der Waals surface area contributed by atoms with Crippen molar-refractivity contribution in [2.45, 2.75) is 6.10 Å². The minimum atomic E-state index is -0.703. The maximum absolute atomic E-state index is 11.4. The van der Waals surface area contributed by atoms with Crippen molar-refractivity contribution in [1.82, 2.24) is 5.32 Å². The minimum Gasteiger partial charge on any atom is -0.465 e. The number of ether oxygens (including phenoxy) is 1. The Hall–Kier alpha value is -1.39. The van der Waals surface area contributed by atoms with E-state index in [1.54, 1.807) is 31.3 Å². The van der Waals surface area contributed by atoms with E-state index in [-0.39, 0.29) is 0 Å². The normalized spacial score (nSPS) is 12.2. The average molecular weight is 209 g/mol. The van der Waals surface area contributed by atoms with E-state index in [1.165, 1.54) is 7.11 Å². The number of carbonyl (C=O) groups excluding carboxylic acids is 1. The summed E-state index contributed by atoms with van der Waals surface area (Å²) >= 11 is 0. The number of carbonyl (C=O) groups is 1. The van der Waals surface area contributed by atoms with Crippen LogP contribution in [0.25, 0.3) is 0 Å². The lowest BCUT2D eigenvalue weighted by Gasteiger charge is -2.13. The monoisotopic (exact) mass is 209 g/mol. The molecule has 0 radical (unpaired) electrons. The molecular weight excluding hydrogens is 194 g/mol. The van der Waals surface area contributed by atoms with E-state index in [9.17, 15) is 9.90 Å². The van der Waals surface area contributed by atoms with Gasteiger partial charge in [-0.2, -0.15) is 0 Å². The number of nitrogens with one attached hydrogen (secondary N) is 1. The molecule has 1 rings (SSSR count). The van der Waals surface area contributed by atoms with Crippen LogP contribution in [0.1, 0.15) is 22.0 Å². The van der Waals surface area contributed by atoms with E-state index < -0.39 is 12.1 Å². The summed E-state index contributed by atoms with van der Waals surface area (Å²) in [5.41, 5.74) is 0.987. The highest BCUT2D eigenvalue weighted by Crippen LogP contribution is 2.18. The fourth-order valence-corrected chi connectivity index (χ4v) is 1.39. The van der Waals surface area contributed by atoms with Crippen LogP contribution < -0.4 is 5.32 Å². The molecule has 0 heterocycles. The Labute approximate surface area is 88.9 Å². The van der Waals surface area contributed by atoms with Gasteiger partial charge < -0.3 is 15.2 Å². The molecule has 1 atom stereocenters. The van der Waals surface area contributed by atoms with Gasteiger partial charge in [-0.25, -0.2) is 4.79 Å². The molecule has 0 saturated carbocycles. The van der Waals surface area contributed by atoms with Gasteiger partial charge in [0.15, 0.2) is 0 Å². The predicted molar refractivity (Wildman–Crippen MR) is 56.7 cm³/mol. The van der Waals surface area contributed by atoms with Gasteiger partial charge in [0.2, 0.25) is 0 Å². The zero-order valence-corrected chi connectivity index (χ0v) is 8.86. The highest BCUT2D eigenvalue weighted by atomic mass is 16.5. The molecule has 2 N–H and O–H groups in total. The molecule has 1 aromatic carbocycles. The highest BCUT2D eigenvalue weighted by molar-refractivity contribution is 5.91. The fraction of sp³-hybridized carbons (Fsp3) is 0.364. The summed E-state index contributed by atoms with van der Waals surface area (Å²) < 4.78 is 4.63. The van der Waals surface area contributed by atoms with Crippen LogP contribution in [0.4, 0.5) is 0 Å². The Morgan fingerprint density at radius 2 is 2.20 bits per heavy atom. The molecule has 0 aliphatic carbocycles. The van der Waals surface area contributed by atoms with Gasteiger partial charge in [0, 0.05) is 6.54 Å². The van der Waals surface area contributed by atoms with E-state index in [0.29, 0.717) is 17.7 Å². The second kappa shape index (κ2) is 5.48. The van der Waals surface area contributed by atoms with Crippen molar-refractivity contribution in [1.29, 1.82) is 0 Å². The zero-order valence-electron chi connectivity index (χ0n) is 8.86. The smallest absolute Gasteiger partial charge is 0.338 e. The first-order valence-corrected chi connectivity index (χ1v) is 4.70. The molecule has 0 amide bonds. The van der Waals surface area contributed by atoms with Crippen LogP contribution in [0, 0.1) is 0 Å². The number of esters is 1. The third-order valence-electron chi connectivity index (χ3n) is 2.12. The first-order valence-electron chi connectivity index (χ1n) is 4.70. The molecule has 1 aromatic rings. The van der Waals surface area contributed by atoms with Gasteiger partial charge >= 0.3 is 5.97 Å². The largest absolute Gasteiger partial charge is 0.465 e. The van der Waals surface area contributed by atoms with E-state index in [0.717, 1.165) is 0 Å². The fourth-order valence-electron chi connectivity index (χ4n) is 1.39. The van der Waals surface area contributed by atoms with Gasteiger partial charge in [0.25, 0.3) is 0 Å². The molecule has 4 heteroatoms. The zero-order chi connectivity index (χ0) is 11.3. The van der Waals surface area contributed by atoms with Crippen molar-refractivity contribution in [2.75, 3.05) is 20.7 Å². The van der Waals surface area contributed by atoms with Crippen molar-refractivity contribution >= 4 is 5.97 Å². The lowest BCUT2D eigenvalue weighted by Crippen LogP contribution is -2.19. The van der Waals surface area contributed by atoms with Crippen molar-refractivity contribution in [3.05, 3.63) is 35.4 Å². The first-order chi connectivity index (χ1) is 7.20. The topological polar surface area (TPSA) is 58.6 Å². The van der Waals surface area contributed by atoms with Crippen molar-refractivity contribution < 1.29 is 14.6 Å². The van der Waals surface area contributed by atoms with Gasteiger partial charge in [0.1, 0.15) is 0 Å². The van der Waals surface area contributed by atoms with E-state index in [4.69, 9.17) is 0 Å². The van der Waals surface area contributed by atoms with Gasteiger partial charge in [0.05, 0.1) is 18.8 Å². The first kappa shape index (κ1) is 11.7. The number of aliphatic hydroxyl groups is 1. The Balaban J connectivity index is 3.00. The molecule has 0 fully saturated rings. The highest BCUT2D eigenvalue weighted by Gasteiger charge is 2.16. The van der Waals surface area contributed by atoms with Gasteiger partial charge in [-0.05, 0) is 18.7 Å². The number of benzene rings is 1. The van der Waals surface area contributed by atoms with Crippen LogP contribution in [0.5, 0.6) is 0 Å². The second-order valence-electron chi connectivity index (χ2n) is 3.15. The lowest BCUT2D eigenvalue weighted by molar-refractivity contribution is 0.0593. The molecule has 0 saturated heterocycles. The summed E-state index contributed by atoms with van der Waals surface area (Å²) in [4.78, 5) is 11.4. The molecule has 0 bridgehead atoms. The van der Waals surface area contributed by atoms with E-state index >= 15 is 0 Å². The summed E-state index contributed by atoms with van der Waals surface area (Å²) in [6.07, 6.45) is -0.703. The maximum atomic E-state index is 11.4. The SMILES string of the molecule is CNCC(O)c1ccccc1C(=O)OC. The number of likely N-dealkylation sites (N-methyl/N-ethyl adjacent to an activating group) is 1. The summed E-state index contributed by atoms with van der Waals surface area (Å²) in [5.74, 6) is -0.430. The molecule has 0 spiro atoms. The van der Waals surface area contributed by atoms with Crippen molar-refractivity contribution in [3.63, 3.8) is 0 Å². The van der Waals surface area contributed by atoms with Crippen molar-refractivity contribution in [2.24, 2.45) is 0 Å². The minimum absolute atomic E-state index is 0.397. The third-order valence-corrected chi connectivity index (χ3v) is 2.12. The standard InChI is InChI=1S/C11H15NO3/c1-12-7-10(13)8-5-3-4-6-9(8)11(14)15-2/h3-6,10,12-13H,7H2,1-2H3. The Morgan fingerprint density at radius 1 is 1.53 bits per heavy atom. The molecular formula is C11H15NO3. The molecule has 0 aliphatic heterocycles. The van der Waals surface area contributed by atoms with Gasteiger partial charge in [-0.3, -0.25) is 0 Å². The van der Waals surface area contributed by atoms with Crippen LogP contribution in [0.2, 0.25) is 0 Å². The molecule has 0 aromatic heterocycles.